The lowest BCUT2D eigenvalue weighted by Crippen LogP contribution is -2.51. The minimum absolute atomic E-state index is 0.0443. The third-order valence-corrected chi connectivity index (χ3v) is 9.29. The standard InChI is InChI=1S/C19H24N6O4S3/c1-14-18(15(2)29-22-14)32(27,28)25-9-7-23(8-10-25)17(26)12-31-19-21-20-13-24(19)6-5-16-4-3-11-30-16/h3-4,11,13H,5-10,12H2,1-2H3. The van der Waals surface area contributed by atoms with Gasteiger partial charge in [0.25, 0.3) is 0 Å². The molecular weight excluding hydrogens is 472 g/mol. The summed E-state index contributed by atoms with van der Waals surface area (Å²) in [5.74, 6) is 0.465. The van der Waals surface area contributed by atoms with Crippen LogP contribution in [0.4, 0.5) is 0 Å². The van der Waals surface area contributed by atoms with Crippen molar-refractivity contribution in [3.63, 3.8) is 0 Å². The second-order valence-electron chi connectivity index (χ2n) is 7.36. The Morgan fingerprint density at radius 1 is 1.25 bits per heavy atom. The van der Waals surface area contributed by atoms with E-state index < -0.39 is 10.0 Å². The van der Waals surface area contributed by atoms with E-state index in [1.165, 1.54) is 20.9 Å². The third-order valence-electron chi connectivity index (χ3n) is 5.24. The van der Waals surface area contributed by atoms with Crippen LogP contribution >= 0.6 is 23.1 Å². The van der Waals surface area contributed by atoms with Crippen molar-refractivity contribution in [2.75, 3.05) is 31.9 Å². The fourth-order valence-corrected chi connectivity index (χ4v) is 6.82. The van der Waals surface area contributed by atoms with Crippen LogP contribution in [0.5, 0.6) is 0 Å². The molecule has 0 aromatic carbocycles. The summed E-state index contributed by atoms with van der Waals surface area (Å²) < 4.78 is 34.2. The maximum absolute atomic E-state index is 12.9. The van der Waals surface area contributed by atoms with Crippen LogP contribution < -0.4 is 0 Å². The van der Waals surface area contributed by atoms with E-state index >= 15 is 0 Å². The molecular formula is C19H24N6O4S3. The van der Waals surface area contributed by atoms with Gasteiger partial charge in [0.15, 0.2) is 10.9 Å². The van der Waals surface area contributed by atoms with Crippen LogP contribution in [0.3, 0.4) is 0 Å². The van der Waals surface area contributed by atoms with Crippen molar-refractivity contribution >= 4 is 39.0 Å². The first kappa shape index (κ1) is 23.0. The molecule has 32 heavy (non-hydrogen) atoms. The van der Waals surface area contributed by atoms with Gasteiger partial charge in [-0.2, -0.15) is 4.31 Å². The van der Waals surface area contributed by atoms with E-state index in [0.717, 1.165) is 13.0 Å². The van der Waals surface area contributed by atoms with Crippen LogP contribution in [0.25, 0.3) is 0 Å². The first-order valence-corrected chi connectivity index (χ1v) is 13.4. The minimum atomic E-state index is -3.69. The van der Waals surface area contributed by atoms with Gasteiger partial charge >= 0.3 is 0 Å². The van der Waals surface area contributed by atoms with Gasteiger partial charge in [-0.25, -0.2) is 8.42 Å². The van der Waals surface area contributed by atoms with Crippen molar-refractivity contribution in [3.8, 4) is 0 Å². The average molecular weight is 497 g/mol. The molecule has 0 radical (unpaired) electrons. The Kier molecular flexibility index (Phi) is 6.98. The summed E-state index contributed by atoms with van der Waals surface area (Å²) in [6, 6.07) is 4.12. The zero-order valence-electron chi connectivity index (χ0n) is 17.8. The van der Waals surface area contributed by atoms with E-state index in [-0.39, 0.29) is 35.4 Å². The molecule has 0 N–H and O–H groups in total. The van der Waals surface area contributed by atoms with Crippen molar-refractivity contribution in [2.45, 2.75) is 36.9 Å². The van der Waals surface area contributed by atoms with Gasteiger partial charge in [0.1, 0.15) is 16.9 Å². The predicted molar refractivity (Wildman–Crippen MR) is 120 cm³/mol. The highest BCUT2D eigenvalue weighted by molar-refractivity contribution is 7.99. The Labute approximate surface area is 194 Å². The maximum Gasteiger partial charge on any atom is 0.248 e. The van der Waals surface area contributed by atoms with Gasteiger partial charge < -0.3 is 14.0 Å². The first-order valence-electron chi connectivity index (χ1n) is 10.1. The van der Waals surface area contributed by atoms with Gasteiger partial charge in [-0.1, -0.05) is 23.0 Å². The lowest BCUT2D eigenvalue weighted by molar-refractivity contribution is -0.129. The van der Waals surface area contributed by atoms with Crippen molar-refractivity contribution in [1.82, 2.24) is 29.1 Å². The van der Waals surface area contributed by atoms with Gasteiger partial charge in [0, 0.05) is 37.6 Å². The Bertz CT molecular complexity index is 1140. The highest BCUT2D eigenvalue weighted by Gasteiger charge is 2.34. The van der Waals surface area contributed by atoms with E-state index in [9.17, 15) is 13.2 Å². The summed E-state index contributed by atoms with van der Waals surface area (Å²) in [5, 5.41) is 14.6. The number of thioether (sulfide) groups is 1. The Balaban J connectivity index is 1.29. The topological polar surface area (TPSA) is 114 Å². The molecule has 3 aromatic rings. The van der Waals surface area contributed by atoms with Crippen molar-refractivity contribution in [3.05, 3.63) is 40.2 Å². The summed E-state index contributed by atoms with van der Waals surface area (Å²) in [7, 11) is -3.69. The lowest BCUT2D eigenvalue weighted by atomic mass is 10.3. The fraction of sp³-hybridized carbons (Fsp3) is 0.474. The normalized spacial score (nSPS) is 15.4. The fourth-order valence-electron chi connectivity index (χ4n) is 3.56. The summed E-state index contributed by atoms with van der Waals surface area (Å²) in [4.78, 5) is 15.8. The van der Waals surface area contributed by atoms with Crippen LogP contribution in [0.2, 0.25) is 0 Å². The van der Waals surface area contributed by atoms with Gasteiger partial charge in [-0.15, -0.1) is 21.5 Å². The number of amides is 1. The summed E-state index contributed by atoms with van der Waals surface area (Å²) >= 11 is 3.06. The summed E-state index contributed by atoms with van der Waals surface area (Å²) in [6.07, 6.45) is 2.57. The molecule has 0 saturated carbocycles. The zero-order valence-corrected chi connectivity index (χ0v) is 20.2. The molecule has 0 spiro atoms. The van der Waals surface area contributed by atoms with E-state index in [1.54, 1.807) is 36.4 Å². The summed E-state index contributed by atoms with van der Waals surface area (Å²) in [6.45, 7) is 5.10. The highest BCUT2D eigenvalue weighted by atomic mass is 32.2. The van der Waals surface area contributed by atoms with E-state index in [4.69, 9.17) is 4.52 Å². The number of carbonyl (C=O) groups excluding carboxylic acids is 1. The molecule has 0 bridgehead atoms. The van der Waals surface area contributed by atoms with Crippen LogP contribution in [0, 0.1) is 13.8 Å². The zero-order chi connectivity index (χ0) is 22.7. The molecule has 1 saturated heterocycles. The number of piperazine rings is 1. The molecule has 4 rings (SSSR count). The number of sulfonamides is 1. The Morgan fingerprint density at radius 3 is 2.69 bits per heavy atom. The molecule has 3 aromatic heterocycles. The number of aromatic nitrogens is 4. The van der Waals surface area contributed by atoms with E-state index in [2.05, 4.69) is 26.8 Å². The molecule has 0 unspecified atom stereocenters. The maximum atomic E-state index is 12.9. The first-order chi connectivity index (χ1) is 15.4. The lowest BCUT2D eigenvalue weighted by Gasteiger charge is -2.33. The van der Waals surface area contributed by atoms with Crippen molar-refractivity contribution < 1.29 is 17.7 Å². The molecule has 13 heteroatoms. The van der Waals surface area contributed by atoms with Crippen LogP contribution in [-0.2, 0) is 27.8 Å². The molecule has 1 aliphatic rings. The monoisotopic (exact) mass is 496 g/mol. The number of thiophene rings is 1. The Hall–Kier alpha value is -2.22. The van der Waals surface area contributed by atoms with Crippen LogP contribution in [0.15, 0.2) is 38.4 Å². The van der Waals surface area contributed by atoms with Gasteiger partial charge in [-0.05, 0) is 31.7 Å². The molecule has 1 aliphatic heterocycles. The number of aryl methyl sites for hydroxylation is 4. The second kappa shape index (κ2) is 9.73. The molecule has 0 atom stereocenters. The van der Waals surface area contributed by atoms with E-state index in [1.807, 2.05) is 10.6 Å². The molecule has 0 aliphatic carbocycles. The Morgan fingerprint density at radius 2 is 2.03 bits per heavy atom. The van der Waals surface area contributed by atoms with Gasteiger partial charge in [0.05, 0.1) is 5.75 Å². The van der Waals surface area contributed by atoms with Gasteiger partial charge in [-0.3, -0.25) is 4.79 Å². The smallest absolute Gasteiger partial charge is 0.248 e. The molecule has 172 valence electrons. The van der Waals surface area contributed by atoms with Crippen LogP contribution in [-0.4, -0.2) is 75.4 Å². The predicted octanol–water partition coefficient (Wildman–Crippen LogP) is 1.81. The second-order valence-corrected chi connectivity index (χ2v) is 11.2. The van der Waals surface area contributed by atoms with Crippen molar-refractivity contribution in [1.29, 1.82) is 0 Å². The average Bonchev–Trinajstić information content (AvgIpc) is 3.52. The number of nitrogens with zero attached hydrogens (tertiary/aromatic N) is 6. The number of hydrogen-bond donors (Lipinski definition) is 0. The van der Waals surface area contributed by atoms with E-state index in [0.29, 0.717) is 23.9 Å². The molecule has 10 nitrogen and oxygen atoms in total. The van der Waals surface area contributed by atoms with Gasteiger partial charge in [0.2, 0.25) is 15.9 Å². The quantitative estimate of drug-likeness (QED) is 0.434. The highest BCUT2D eigenvalue weighted by Crippen LogP contribution is 2.24. The summed E-state index contributed by atoms with van der Waals surface area (Å²) in [5.41, 5.74) is 0.348. The number of rotatable bonds is 8. The van der Waals surface area contributed by atoms with Crippen molar-refractivity contribution in [2.24, 2.45) is 0 Å². The minimum Gasteiger partial charge on any atom is -0.360 e. The molecule has 4 heterocycles. The van der Waals surface area contributed by atoms with Crippen LogP contribution in [0.1, 0.15) is 16.3 Å². The largest absolute Gasteiger partial charge is 0.360 e. The number of carbonyl (C=O) groups is 1. The molecule has 1 fully saturated rings. The number of hydrogen-bond acceptors (Lipinski definition) is 9. The third kappa shape index (κ3) is 4.90. The SMILES string of the molecule is Cc1noc(C)c1S(=O)(=O)N1CCN(C(=O)CSc2nncn2CCc2cccs2)CC1. The molecule has 1 amide bonds.